The van der Waals surface area contributed by atoms with Crippen LogP contribution in [0, 0.1) is 12.3 Å². The number of nitrogens with two attached hydrogens (primary N) is 1. The van der Waals surface area contributed by atoms with Crippen LogP contribution < -0.4 is 11.1 Å². The van der Waals surface area contributed by atoms with Gasteiger partial charge in [0.25, 0.3) is 11.8 Å². The van der Waals surface area contributed by atoms with Crippen molar-refractivity contribution >= 4 is 23.2 Å². The molecule has 0 saturated carbocycles. The molecule has 0 aliphatic heterocycles. The van der Waals surface area contributed by atoms with E-state index in [4.69, 9.17) is 15.6 Å². The first kappa shape index (κ1) is 19.6. The number of pyridine rings is 1. The lowest BCUT2D eigenvalue weighted by Crippen LogP contribution is -2.12. The molecule has 0 fully saturated rings. The minimum Gasteiger partial charge on any atom is -0.469 e. The fourth-order valence-corrected chi connectivity index (χ4v) is 2.14. The Kier molecular flexibility index (Phi) is 6.60. The van der Waals surface area contributed by atoms with E-state index in [0.717, 1.165) is 5.56 Å². The van der Waals surface area contributed by atoms with Crippen molar-refractivity contribution in [3.8, 4) is 0 Å². The van der Waals surface area contributed by atoms with Crippen molar-refractivity contribution in [1.29, 1.82) is 5.41 Å². The van der Waals surface area contributed by atoms with Gasteiger partial charge in [-0.2, -0.15) is 0 Å². The lowest BCUT2D eigenvalue weighted by Gasteiger charge is -2.05. The molecule has 0 atom stereocenters. The van der Waals surface area contributed by atoms with Crippen molar-refractivity contribution < 1.29 is 14.0 Å². The second-order valence-electron chi connectivity index (χ2n) is 5.65. The van der Waals surface area contributed by atoms with Crippen LogP contribution in [0.15, 0.2) is 65.5 Å². The molecule has 0 spiro atoms. The van der Waals surface area contributed by atoms with Gasteiger partial charge in [-0.3, -0.25) is 14.6 Å². The monoisotopic (exact) mass is 364 g/mol. The second-order valence-corrected chi connectivity index (χ2v) is 5.65. The van der Waals surface area contributed by atoms with Gasteiger partial charge in [0.1, 0.15) is 5.76 Å². The maximum absolute atomic E-state index is 11.8. The molecule has 138 valence electrons. The van der Waals surface area contributed by atoms with Gasteiger partial charge in [0.15, 0.2) is 0 Å². The first-order chi connectivity index (χ1) is 12.9. The topological polar surface area (TPSA) is 122 Å². The molecular weight excluding hydrogens is 344 g/mol. The number of aryl methyl sites for hydroxylation is 1. The van der Waals surface area contributed by atoms with Crippen molar-refractivity contribution in [3.05, 3.63) is 83.6 Å². The summed E-state index contributed by atoms with van der Waals surface area (Å²) in [5, 5.41) is 10.3. The Balaban J connectivity index is 0.000000244. The van der Waals surface area contributed by atoms with Gasteiger partial charge in [0.2, 0.25) is 0 Å². The minimum atomic E-state index is -0.443. The summed E-state index contributed by atoms with van der Waals surface area (Å²) in [6.07, 6.45) is 4.58. The lowest BCUT2D eigenvalue weighted by atomic mass is 10.1. The van der Waals surface area contributed by atoms with Gasteiger partial charge >= 0.3 is 0 Å². The number of furan rings is 1. The largest absolute Gasteiger partial charge is 0.469 e. The molecule has 0 saturated heterocycles. The van der Waals surface area contributed by atoms with E-state index in [1.165, 1.54) is 12.5 Å². The number of nitrogens with zero attached hydrogens (tertiary/aromatic N) is 1. The summed E-state index contributed by atoms with van der Waals surface area (Å²) in [5.74, 6) is -0.0637. The summed E-state index contributed by atoms with van der Waals surface area (Å²) in [6.45, 7) is 3.42. The molecule has 0 bridgehead atoms. The molecular formula is C20H20N4O3. The molecule has 2 heterocycles. The van der Waals surface area contributed by atoms with Crippen LogP contribution in [0.5, 0.6) is 0 Å². The summed E-state index contributed by atoms with van der Waals surface area (Å²) >= 11 is 0. The Labute approximate surface area is 156 Å². The number of aromatic nitrogens is 1. The highest BCUT2D eigenvalue weighted by atomic mass is 16.3. The molecule has 0 unspecified atom stereocenters. The first-order valence-corrected chi connectivity index (χ1v) is 8.09. The van der Waals surface area contributed by atoms with Crippen LogP contribution in [0.25, 0.3) is 0 Å². The van der Waals surface area contributed by atoms with Crippen molar-refractivity contribution in [2.75, 3.05) is 5.32 Å². The lowest BCUT2D eigenvalue weighted by molar-refractivity contribution is 0.0996. The average molecular weight is 364 g/mol. The molecule has 3 rings (SSSR count). The third-order valence-corrected chi connectivity index (χ3v) is 3.62. The second kappa shape index (κ2) is 9.10. The van der Waals surface area contributed by atoms with Crippen LogP contribution >= 0.6 is 0 Å². The molecule has 7 heteroatoms. The van der Waals surface area contributed by atoms with Gasteiger partial charge in [-0.1, -0.05) is 12.1 Å². The summed E-state index contributed by atoms with van der Waals surface area (Å²) in [7, 11) is 0. The molecule has 2 aromatic heterocycles. The molecule has 4 N–H and O–H groups in total. The third kappa shape index (κ3) is 5.64. The van der Waals surface area contributed by atoms with Crippen LogP contribution in [-0.4, -0.2) is 22.5 Å². The quantitative estimate of drug-likeness (QED) is 0.614. The van der Waals surface area contributed by atoms with Gasteiger partial charge in [0.05, 0.1) is 17.4 Å². The summed E-state index contributed by atoms with van der Waals surface area (Å²) < 4.78 is 4.82. The van der Waals surface area contributed by atoms with E-state index in [-0.39, 0.29) is 5.91 Å². The Hall–Kier alpha value is -3.74. The van der Waals surface area contributed by atoms with Crippen LogP contribution in [-0.2, 0) is 0 Å². The Morgan fingerprint density at radius 2 is 1.81 bits per heavy atom. The van der Waals surface area contributed by atoms with E-state index in [0.29, 0.717) is 28.3 Å². The molecule has 0 radical (unpaired) electrons. The van der Waals surface area contributed by atoms with Crippen LogP contribution in [0.1, 0.15) is 39.0 Å². The molecule has 7 nitrogen and oxygen atoms in total. The van der Waals surface area contributed by atoms with E-state index in [2.05, 4.69) is 10.3 Å². The van der Waals surface area contributed by atoms with Crippen LogP contribution in [0.3, 0.4) is 0 Å². The zero-order chi connectivity index (χ0) is 19.8. The van der Waals surface area contributed by atoms with Crippen LogP contribution in [0.4, 0.5) is 5.69 Å². The number of hydrogen-bond acceptors (Lipinski definition) is 5. The molecule has 0 aliphatic rings. The third-order valence-electron chi connectivity index (χ3n) is 3.62. The maximum Gasteiger partial charge on any atom is 0.257 e. The fraction of sp³-hybridized carbons (Fsp3) is 0.100. The van der Waals surface area contributed by atoms with Crippen LogP contribution in [0.2, 0.25) is 0 Å². The Morgan fingerprint density at radius 3 is 2.26 bits per heavy atom. The van der Waals surface area contributed by atoms with E-state index >= 15 is 0 Å². The number of amides is 2. The average Bonchev–Trinajstić information content (AvgIpc) is 3.10. The van der Waals surface area contributed by atoms with Gasteiger partial charge < -0.3 is 20.9 Å². The van der Waals surface area contributed by atoms with Gasteiger partial charge in [-0.05, 0) is 49.7 Å². The molecule has 0 aliphatic carbocycles. The van der Waals surface area contributed by atoms with E-state index in [1.807, 2.05) is 0 Å². The van der Waals surface area contributed by atoms with Crippen molar-refractivity contribution in [3.63, 3.8) is 0 Å². The van der Waals surface area contributed by atoms with Crippen molar-refractivity contribution in [1.82, 2.24) is 4.98 Å². The number of carbonyl (C=O) groups excluding carboxylic acids is 2. The zero-order valence-corrected chi connectivity index (χ0v) is 15.0. The van der Waals surface area contributed by atoms with Crippen molar-refractivity contribution in [2.45, 2.75) is 13.8 Å². The number of anilines is 1. The highest BCUT2D eigenvalue weighted by Crippen LogP contribution is 2.11. The molecule has 2 amide bonds. The smallest absolute Gasteiger partial charge is 0.257 e. The Morgan fingerprint density at radius 1 is 1.11 bits per heavy atom. The fourth-order valence-electron chi connectivity index (χ4n) is 2.14. The number of nitrogens with one attached hydrogen (secondary N) is 2. The zero-order valence-electron chi connectivity index (χ0n) is 15.0. The van der Waals surface area contributed by atoms with Gasteiger partial charge in [-0.25, -0.2) is 0 Å². The number of primary amides is 1. The SMILES string of the molecule is CC(=N)c1ccc(NC(=O)c2cccnc2)cc1.Cc1occc1C(N)=O. The Bertz CT molecular complexity index is 931. The van der Waals surface area contributed by atoms with E-state index in [9.17, 15) is 9.59 Å². The van der Waals surface area contributed by atoms with Gasteiger partial charge in [0, 0.05) is 23.8 Å². The summed E-state index contributed by atoms with van der Waals surface area (Å²) in [6, 6.07) is 12.2. The molecule has 27 heavy (non-hydrogen) atoms. The predicted octanol–water partition coefficient (Wildman–Crippen LogP) is 3.41. The highest BCUT2D eigenvalue weighted by Gasteiger charge is 2.06. The number of carbonyl (C=O) groups is 2. The predicted molar refractivity (Wildman–Crippen MR) is 103 cm³/mol. The highest BCUT2D eigenvalue weighted by molar-refractivity contribution is 6.04. The summed E-state index contributed by atoms with van der Waals surface area (Å²) in [4.78, 5) is 26.2. The minimum absolute atomic E-state index is 0.192. The molecule has 3 aromatic rings. The first-order valence-electron chi connectivity index (χ1n) is 8.09. The standard InChI is InChI=1S/C14H13N3O.C6H7NO2/c1-10(15)11-4-6-13(7-5-11)17-14(18)12-3-2-8-16-9-12;1-4-5(6(7)8)2-3-9-4/h2-9,15H,1H3,(H,17,18);2-3H,1H3,(H2,7,8). The van der Waals surface area contributed by atoms with E-state index in [1.54, 1.807) is 62.5 Å². The number of rotatable bonds is 4. The number of hydrogen-bond donors (Lipinski definition) is 3. The molecule has 1 aromatic carbocycles. The van der Waals surface area contributed by atoms with E-state index < -0.39 is 5.91 Å². The van der Waals surface area contributed by atoms with Crippen molar-refractivity contribution in [2.24, 2.45) is 5.73 Å². The number of benzene rings is 1. The summed E-state index contributed by atoms with van der Waals surface area (Å²) in [5.41, 5.74) is 7.98. The maximum atomic E-state index is 11.8. The normalized spacial score (nSPS) is 9.70. The van der Waals surface area contributed by atoms with Gasteiger partial charge in [-0.15, -0.1) is 0 Å².